The van der Waals surface area contributed by atoms with Gasteiger partial charge in [-0.05, 0) is 25.0 Å². The van der Waals surface area contributed by atoms with Gasteiger partial charge in [0, 0.05) is 35.5 Å². The van der Waals surface area contributed by atoms with Crippen LogP contribution in [0.4, 0.5) is 0 Å². The van der Waals surface area contributed by atoms with Crippen LogP contribution in [0, 0.1) is 12.8 Å². The van der Waals surface area contributed by atoms with Crippen molar-refractivity contribution in [3.8, 4) is 0 Å². The normalized spacial score (nSPS) is 19.6. The number of carbonyl (C=O) groups is 1. The fourth-order valence-electron chi connectivity index (χ4n) is 2.08. The van der Waals surface area contributed by atoms with Gasteiger partial charge in [-0.1, -0.05) is 33.6 Å². The molecule has 1 aromatic carbocycles. The van der Waals surface area contributed by atoms with Gasteiger partial charge < -0.3 is 4.90 Å². The van der Waals surface area contributed by atoms with Gasteiger partial charge >= 0.3 is 0 Å². The molecule has 98 valence electrons. The van der Waals surface area contributed by atoms with Crippen LogP contribution < -0.4 is 0 Å². The van der Waals surface area contributed by atoms with Crippen molar-refractivity contribution in [2.45, 2.75) is 18.2 Å². The number of amides is 1. The monoisotopic (exact) mass is 327 g/mol. The van der Waals surface area contributed by atoms with Gasteiger partial charge in [-0.3, -0.25) is 4.79 Å². The molecule has 1 fully saturated rings. The summed E-state index contributed by atoms with van der Waals surface area (Å²) in [4.78, 5) is 15.0. The van der Waals surface area contributed by atoms with Crippen LogP contribution in [0.5, 0.6) is 0 Å². The molecule has 0 N–H and O–H groups in total. The molecular weight excluding hydrogens is 310 g/mol. The Labute approximate surface area is 121 Å². The molecule has 0 radical (unpaired) electrons. The van der Waals surface area contributed by atoms with Gasteiger partial charge in [-0.15, -0.1) is 11.8 Å². The van der Waals surface area contributed by atoms with E-state index in [1.54, 1.807) is 0 Å². The summed E-state index contributed by atoms with van der Waals surface area (Å²) in [5, 5.41) is 0.931. The van der Waals surface area contributed by atoms with Crippen LogP contribution in [0.3, 0.4) is 0 Å². The summed E-state index contributed by atoms with van der Waals surface area (Å²) in [6.45, 7) is 3.87. The lowest BCUT2D eigenvalue weighted by molar-refractivity contribution is -0.127. The van der Waals surface area contributed by atoms with E-state index in [9.17, 15) is 4.79 Å². The maximum atomic E-state index is 11.7. The minimum atomic E-state index is 0.309. The van der Waals surface area contributed by atoms with E-state index in [1.165, 1.54) is 10.5 Å². The summed E-state index contributed by atoms with van der Waals surface area (Å²) < 4.78 is 0. The Kier molecular flexibility index (Phi) is 5.13. The lowest BCUT2D eigenvalue weighted by atomic mass is 10.2. The highest BCUT2D eigenvalue weighted by atomic mass is 79.9. The van der Waals surface area contributed by atoms with Crippen molar-refractivity contribution in [2.24, 2.45) is 5.92 Å². The maximum absolute atomic E-state index is 11.7. The molecule has 0 aromatic heterocycles. The second-order valence-electron chi connectivity index (χ2n) is 4.73. The van der Waals surface area contributed by atoms with Crippen LogP contribution in [0.15, 0.2) is 29.2 Å². The molecule has 0 saturated carbocycles. The molecule has 18 heavy (non-hydrogen) atoms. The summed E-state index contributed by atoms with van der Waals surface area (Å²) >= 11 is 5.28. The Morgan fingerprint density at radius 2 is 2.11 bits per heavy atom. The summed E-state index contributed by atoms with van der Waals surface area (Å²) in [6, 6.07) is 8.55. The summed E-state index contributed by atoms with van der Waals surface area (Å²) in [7, 11) is 0. The largest absolute Gasteiger partial charge is 0.342 e. The predicted octanol–water partition coefficient (Wildman–Crippen LogP) is 3.33. The Morgan fingerprint density at radius 3 is 2.72 bits per heavy atom. The van der Waals surface area contributed by atoms with Crippen molar-refractivity contribution in [3.63, 3.8) is 0 Å². The fraction of sp³-hybridized carbons (Fsp3) is 0.500. The second kappa shape index (κ2) is 6.62. The molecular formula is C14H18BrNOS. The quantitative estimate of drug-likeness (QED) is 0.610. The first-order valence-electron chi connectivity index (χ1n) is 6.22. The third-order valence-electron chi connectivity index (χ3n) is 3.16. The number of nitrogens with zero attached hydrogens (tertiary/aromatic N) is 1. The molecule has 1 aliphatic rings. The van der Waals surface area contributed by atoms with E-state index in [0.717, 1.165) is 24.2 Å². The Hall–Kier alpha value is -0.480. The van der Waals surface area contributed by atoms with E-state index >= 15 is 0 Å². The van der Waals surface area contributed by atoms with Gasteiger partial charge in [0.2, 0.25) is 5.91 Å². The van der Waals surface area contributed by atoms with Crippen molar-refractivity contribution >= 4 is 33.6 Å². The number of hydrogen-bond donors (Lipinski definition) is 0. The number of aryl methyl sites for hydroxylation is 1. The number of halogens is 1. The van der Waals surface area contributed by atoms with E-state index < -0.39 is 0 Å². The van der Waals surface area contributed by atoms with E-state index in [2.05, 4.69) is 47.1 Å². The van der Waals surface area contributed by atoms with Crippen molar-refractivity contribution in [1.82, 2.24) is 4.90 Å². The standard InChI is InChI=1S/C14H18BrNOS/c1-11-2-4-13(5-3-11)18-7-6-16-10-12(9-15)8-14(16)17/h2-5,12H,6-10H2,1H3. The van der Waals surface area contributed by atoms with Crippen molar-refractivity contribution < 1.29 is 4.79 Å². The van der Waals surface area contributed by atoms with E-state index in [0.29, 0.717) is 18.2 Å². The van der Waals surface area contributed by atoms with Gasteiger partial charge in [-0.2, -0.15) is 0 Å². The lowest BCUT2D eigenvalue weighted by Gasteiger charge is -2.15. The molecule has 0 aliphatic carbocycles. The van der Waals surface area contributed by atoms with Gasteiger partial charge in [-0.25, -0.2) is 0 Å². The zero-order valence-corrected chi connectivity index (χ0v) is 13.0. The van der Waals surface area contributed by atoms with Crippen molar-refractivity contribution in [2.75, 3.05) is 24.2 Å². The number of benzene rings is 1. The number of thioether (sulfide) groups is 1. The van der Waals surface area contributed by atoms with E-state index in [4.69, 9.17) is 0 Å². The highest BCUT2D eigenvalue weighted by Gasteiger charge is 2.27. The van der Waals surface area contributed by atoms with E-state index in [1.807, 2.05) is 16.7 Å². The SMILES string of the molecule is Cc1ccc(SCCN2CC(CBr)CC2=O)cc1. The maximum Gasteiger partial charge on any atom is 0.222 e. The summed E-state index contributed by atoms with van der Waals surface area (Å²) in [6.07, 6.45) is 0.709. The van der Waals surface area contributed by atoms with Crippen LogP contribution in [-0.2, 0) is 4.79 Å². The minimum absolute atomic E-state index is 0.309. The number of carbonyl (C=O) groups excluding carboxylic acids is 1. The highest BCUT2D eigenvalue weighted by molar-refractivity contribution is 9.09. The molecule has 2 rings (SSSR count). The predicted molar refractivity (Wildman–Crippen MR) is 80.4 cm³/mol. The molecule has 1 amide bonds. The molecule has 1 aliphatic heterocycles. The molecule has 1 heterocycles. The highest BCUT2D eigenvalue weighted by Crippen LogP contribution is 2.22. The van der Waals surface area contributed by atoms with E-state index in [-0.39, 0.29) is 0 Å². The van der Waals surface area contributed by atoms with Gasteiger partial charge in [0.05, 0.1) is 0 Å². The Balaban J connectivity index is 1.75. The molecule has 1 saturated heterocycles. The second-order valence-corrected chi connectivity index (χ2v) is 6.54. The number of likely N-dealkylation sites (tertiary alicyclic amines) is 1. The lowest BCUT2D eigenvalue weighted by Crippen LogP contribution is -2.27. The average Bonchev–Trinajstić information content (AvgIpc) is 2.73. The van der Waals surface area contributed by atoms with Crippen LogP contribution >= 0.6 is 27.7 Å². The van der Waals surface area contributed by atoms with Crippen molar-refractivity contribution in [1.29, 1.82) is 0 Å². The molecule has 1 aromatic rings. The fourth-order valence-corrected chi connectivity index (χ4v) is 3.39. The topological polar surface area (TPSA) is 20.3 Å². The Bertz CT molecular complexity index is 407. The number of hydrogen-bond acceptors (Lipinski definition) is 2. The zero-order chi connectivity index (χ0) is 13.0. The molecule has 0 bridgehead atoms. The number of alkyl halides is 1. The third kappa shape index (κ3) is 3.75. The zero-order valence-electron chi connectivity index (χ0n) is 10.6. The van der Waals surface area contributed by atoms with Gasteiger partial charge in [0.15, 0.2) is 0 Å². The van der Waals surface area contributed by atoms with Crippen LogP contribution in [-0.4, -0.2) is 35.0 Å². The average molecular weight is 328 g/mol. The van der Waals surface area contributed by atoms with Crippen LogP contribution in [0.1, 0.15) is 12.0 Å². The first-order chi connectivity index (χ1) is 8.69. The first-order valence-corrected chi connectivity index (χ1v) is 8.33. The number of rotatable bonds is 5. The first kappa shape index (κ1) is 13.9. The van der Waals surface area contributed by atoms with Crippen molar-refractivity contribution in [3.05, 3.63) is 29.8 Å². The molecule has 0 spiro atoms. The molecule has 1 unspecified atom stereocenters. The van der Waals surface area contributed by atoms with Gasteiger partial charge in [0.1, 0.15) is 0 Å². The minimum Gasteiger partial charge on any atom is -0.342 e. The van der Waals surface area contributed by atoms with Crippen LogP contribution in [0.25, 0.3) is 0 Å². The molecule has 4 heteroatoms. The molecule has 1 atom stereocenters. The Morgan fingerprint density at radius 1 is 1.39 bits per heavy atom. The smallest absolute Gasteiger partial charge is 0.222 e. The third-order valence-corrected chi connectivity index (χ3v) is 5.07. The van der Waals surface area contributed by atoms with Gasteiger partial charge in [0.25, 0.3) is 0 Å². The molecule has 2 nitrogen and oxygen atoms in total. The summed E-state index contributed by atoms with van der Waals surface area (Å²) in [5.74, 6) is 1.79. The summed E-state index contributed by atoms with van der Waals surface area (Å²) in [5.41, 5.74) is 1.29. The van der Waals surface area contributed by atoms with Crippen LogP contribution in [0.2, 0.25) is 0 Å².